The van der Waals surface area contributed by atoms with Crippen molar-refractivity contribution < 1.29 is 4.79 Å². The Hall–Kier alpha value is -0.770. The van der Waals surface area contributed by atoms with Gasteiger partial charge in [0.2, 0.25) is 0 Å². The molecule has 1 aliphatic heterocycles. The second kappa shape index (κ2) is 3.96. The SMILES string of the molecule is CC(C)(C)NCCN1CCNC1=O. The van der Waals surface area contributed by atoms with E-state index in [2.05, 4.69) is 31.4 Å². The van der Waals surface area contributed by atoms with E-state index in [9.17, 15) is 4.79 Å². The molecular formula is C9H19N3O. The average Bonchev–Trinajstić information content (AvgIpc) is 2.34. The molecule has 0 spiro atoms. The lowest BCUT2D eigenvalue weighted by Gasteiger charge is -2.22. The van der Waals surface area contributed by atoms with E-state index in [-0.39, 0.29) is 11.6 Å². The summed E-state index contributed by atoms with van der Waals surface area (Å²) in [6.45, 7) is 9.64. The molecule has 2 amide bonds. The summed E-state index contributed by atoms with van der Waals surface area (Å²) in [6.07, 6.45) is 0. The van der Waals surface area contributed by atoms with E-state index < -0.39 is 0 Å². The summed E-state index contributed by atoms with van der Waals surface area (Å²) in [7, 11) is 0. The Kier molecular flexibility index (Phi) is 3.14. The normalized spacial score (nSPS) is 17.8. The van der Waals surface area contributed by atoms with Gasteiger partial charge in [-0.25, -0.2) is 4.79 Å². The number of hydrogen-bond donors (Lipinski definition) is 2. The fourth-order valence-corrected chi connectivity index (χ4v) is 1.29. The summed E-state index contributed by atoms with van der Waals surface area (Å²) in [5.41, 5.74) is 0.135. The van der Waals surface area contributed by atoms with Gasteiger partial charge in [-0.3, -0.25) is 0 Å². The molecule has 1 aliphatic rings. The summed E-state index contributed by atoms with van der Waals surface area (Å²) in [4.78, 5) is 12.9. The zero-order valence-electron chi connectivity index (χ0n) is 8.68. The third-order valence-corrected chi connectivity index (χ3v) is 1.98. The molecule has 1 saturated heterocycles. The van der Waals surface area contributed by atoms with Gasteiger partial charge in [0.05, 0.1) is 0 Å². The summed E-state index contributed by atoms with van der Waals surface area (Å²) in [6, 6.07) is 0.0655. The van der Waals surface area contributed by atoms with Crippen LogP contribution in [0.1, 0.15) is 20.8 Å². The van der Waals surface area contributed by atoms with Gasteiger partial charge in [-0.2, -0.15) is 0 Å². The average molecular weight is 185 g/mol. The molecule has 0 unspecified atom stereocenters. The highest BCUT2D eigenvalue weighted by Gasteiger charge is 2.19. The van der Waals surface area contributed by atoms with Crippen LogP contribution in [0, 0.1) is 0 Å². The fraction of sp³-hybridized carbons (Fsp3) is 0.889. The van der Waals surface area contributed by atoms with Gasteiger partial charge in [-0.05, 0) is 20.8 Å². The zero-order valence-corrected chi connectivity index (χ0v) is 8.68. The van der Waals surface area contributed by atoms with Crippen LogP contribution < -0.4 is 10.6 Å². The van der Waals surface area contributed by atoms with E-state index in [0.717, 1.165) is 26.2 Å². The molecule has 2 N–H and O–H groups in total. The Bertz CT molecular complexity index is 186. The molecule has 1 rings (SSSR count). The first kappa shape index (κ1) is 10.3. The maximum atomic E-state index is 11.1. The van der Waals surface area contributed by atoms with Gasteiger partial charge in [0.25, 0.3) is 0 Å². The van der Waals surface area contributed by atoms with Gasteiger partial charge in [0.15, 0.2) is 0 Å². The molecule has 0 atom stereocenters. The second-order valence-corrected chi connectivity index (χ2v) is 4.40. The van der Waals surface area contributed by atoms with Crippen LogP contribution in [-0.2, 0) is 0 Å². The lowest BCUT2D eigenvalue weighted by atomic mass is 10.1. The number of nitrogens with zero attached hydrogens (tertiary/aromatic N) is 1. The predicted molar refractivity (Wildman–Crippen MR) is 52.7 cm³/mol. The van der Waals surface area contributed by atoms with Crippen LogP contribution in [0.15, 0.2) is 0 Å². The predicted octanol–water partition coefficient (Wildman–Crippen LogP) is 0.400. The number of amides is 2. The summed E-state index contributed by atoms with van der Waals surface area (Å²) < 4.78 is 0. The zero-order chi connectivity index (χ0) is 9.90. The Balaban J connectivity index is 2.16. The van der Waals surface area contributed by atoms with Crippen molar-refractivity contribution >= 4 is 6.03 Å². The largest absolute Gasteiger partial charge is 0.336 e. The van der Waals surface area contributed by atoms with Gasteiger partial charge in [0.1, 0.15) is 0 Å². The van der Waals surface area contributed by atoms with E-state index in [4.69, 9.17) is 0 Å². The first-order chi connectivity index (χ1) is 5.99. The number of rotatable bonds is 3. The molecule has 0 aliphatic carbocycles. The van der Waals surface area contributed by atoms with Crippen LogP contribution in [0.5, 0.6) is 0 Å². The molecule has 0 aromatic carbocycles. The lowest BCUT2D eigenvalue weighted by Crippen LogP contribution is -2.42. The van der Waals surface area contributed by atoms with E-state index in [1.54, 1.807) is 0 Å². The lowest BCUT2D eigenvalue weighted by molar-refractivity contribution is 0.216. The third kappa shape index (κ3) is 3.63. The van der Waals surface area contributed by atoms with Crippen LogP contribution in [0.25, 0.3) is 0 Å². The van der Waals surface area contributed by atoms with E-state index >= 15 is 0 Å². The van der Waals surface area contributed by atoms with E-state index in [1.807, 2.05) is 4.90 Å². The highest BCUT2D eigenvalue weighted by Crippen LogP contribution is 1.99. The van der Waals surface area contributed by atoms with Crippen LogP contribution in [0.3, 0.4) is 0 Å². The summed E-state index contributed by atoms with van der Waals surface area (Å²) >= 11 is 0. The van der Waals surface area contributed by atoms with Crippen LogP contribution in [0.4, 0.5) is 4.79 Å². The maximum Gasteiger partial charge on any atom is 0.317 e. The van der Waals surface area contributed by atoms with Crippen molar-refractivity contribution in [1.82, 2.24) is 15.5 Å². The van der Waals surface area contributed by atoms with Gasteiger partial charge in [-0.1, -0.05) is 0 Å². The third-order valence-electron chi connectivity index (χ3n) is 1.98. The highest BCUT2D eigenvalue weighted by molar-refractivity contribution is 5.76. The molecule has 0 radical (unpaired) electrons. The summed E-state index contributed by atoms with van der Waals surface area (Å²) in [5, 5.41) is 6.12. The summed E-state index contributed by atoms with van der Waals surface area (Å²) in [5.74, 6) is 0. The molecule has 4 heteroatoms. The Labute approximate surface area is 79.7 Å². The van der Waals surface area contributed by atoms with Crippen LogP contribution in [0.2, 0.25) is 0 Å². The van der Waals surface area contributed by atoms with Crippen molar-refractivity contribution in [2.24, 2.45) is 0 Å². The molecule has 76 valence electrons. The van der Waals surface area contributed by atoms with Gasteiger partial charge >= 0.3 is 6.03 Å². The Morgan fingerprint density at radius 1 is 1.54 bits per heavy atom. The monoisotopic (exact) mass is 185 g/mol. The van der Waals surface area contributed by atoms with Crippen molar-refractivity contribution in [1.29, 1.82) is 0 Å². The first-order valence-electron chi connectivity index (χ1n) is 4.77. The van der Waals surface area contributed by atoms with Crippen molar-refractivity contribution in [3.05, 3.63) is 0 Å². The minimum atomic E-state index is 0.0655. The molecule has 1 fully saturated rings. The number of carbonyl (C=O) groups is 1. The van der Waals surface area contributed by atoms with Gasteiger partial charge < -0.3 is 15.5 Å². The molecule has 0 bridgehead atoms. The molecule has 0 aromatic heterocycles. The van der Waals surface area contributed by atoms with Crippen molar-refractivity contribution in [2.75, 3.05) is 26.2 Å². The van der Waals surface area contributed by atoms with Crippen molar-refractivity contribution in [3.63, 3.8) is 0 Å². The molecule has 0 aromatic rings. The van der Waals surface area contributed by atoms with Crippen molar-refractivity contribution in [2.45, 2.75) is 26.3 Å². The standard InChI is InChI=1S/C9H19N3O/c1-9(2,3)11-5-7-12-6-4-10-8(12)13/h11H,4-7H2,1-3H3,(H,10,13). The van der Waals surface area contributed by atoms with Crippen LogP contribution in [-0.4, -0.2) is 42.6 Å². The maximum absolute atomic E-state index is 11.1. The van der Waals surface area contributed by atoms with Gasteiger partial charge in [0, 0.05) is 31.7 Å². The molecule has 4 nitrogen and oxygen atoms in total. The second-order valence-electron chi connectivity index (χ2n) is 4.40. The molecule has 13 heavy (non-hydrogen) atoms. The Morgan fingerprint density at radius 3 is 2.69 bits per heavy atom. The first-order valence-corrected chi connectivity index (χ1v) is 4.77. The number of carbonyl (C=O) groups excluding carboxylic acids is 1. The quantitative estimate of drug-likeness (QED) is 0.668. The number of nitrogens with one attached hydrogen (secondary N) is 2. The minimum Gasteiger partial charge on any atom is -0.336 e. The highest BCUT2D eigenvalue weighted by atomic mass is 16.2. The van der Waals surface area contributed by atoms with Crippen LogP contribution >= 0.6 is 0 Å². The van der Waals surface area contributed by atoms with E-state index in [0.29, 0.717) is 0 Å². The van der Waals surface area contributed by atoms with Crippen molar-refractivity contribution in [3.8, 4) is 0 Å². The van der Waals surface area contributed by atoms with Gasteiger partial charge in [-0.15, -0.1) is 0 Å². The Morgan fingerprint density at radius 2 is 2.23 bits per heavy atom. The molecular weight excluding hydrogens is 166 g/mol. The van der Waals surface area contributed by atoms with E-state index in [1.165, 1.54) is 0 Å². The molecule has 0 saturated carbocycles. The minimum absolute atomic E-state index is 0.0655. The number of hydrogen-bond acceptors (Lipinski definition) is 2. The number of urea groups is 1. The topological polar surface area (TPSA) is 44.4 Å². The fourth-order valence-electron chi connectivity index (χ4n) is 1.29. The molecule has 1 heterocycles. The smallest absolute Gasteiger partial charge is 0.317 e.